The van der Waals surface area contributed by atoms with Crippen molar-refractivity contribution in [3.63, 3.8) is 0 Å². The lowest BCUT2D eigenvalue weighted by atomic mass is 10.1. The van der Waals surface area contributed by atoms with E-state index in [1.165, 1.54) is 43.5 Å². The SMILES string of the molecule is Cc1cc(CN2CCCCC2)cnc1C. The maximum absolute atomic E-state index is 4.42. The Hall–Kier alpha value is -0.890. The number of nitrogens with zero attached hydrogens (tertiary/aromatic N) is 2. The van der Waals surface area contributed by atoms with Gasteiger partial charge in [0.25, 0.3) is 0 Å². The molecule has 2 rings (SSSR count). The fourth-order valence-corrected chi connectivity index (χ4v) is 2.16. The molecule has 0 aliphatic carbocycles. The van der Waals surface area contributed by atoms with Crippen LogP contribution in [0.15, 0.2) is 12.3 Å². The Morgan fingerprint density at radius 1 is 1.20 bits per heavy atom. The minimum atomic E-state index is 1.08. The van der Waals surface area contributed by atoms with Crippen LogP contribution in [0.4, 0.5) is 0 Å². The second kappa shape index (κ2) is 4.75. The lowest BCUT2D eigenvalue weighted by molar-refractivity contribution is 0.220. The number of aromatic nitrogens is 1. The normalized spacial score (nSPS) is 18.0. The van der Waals surface area contributed by atoms with Crippen LogP contribution in [0.3, 0.4) is 0 Å². The van der Waals surface area contributed by atoms with E-state index in [0.717, 1.165) is 12.2 Å². The van der Waals surface area contributed by atoms with E-state index in [0.29, 0.717) is 0 Å². The summed E-state index contributed by atoms with van der Waals surface area (Å²) < 4.78 is 0. The van der Waals surface area contributed by atoms with Gasteiger partial charge in [-0.1, -0.05) is 12.5 Å². The molecule has 0 saturated carbocycles. The molecule has 1 fully saturated rings. The molecule has 0 amide bonds. The molecule has 0 bridgehead atoms. The number of hydrogen-bond acceptors (Lipinski definition) is 2. The summed E-state index contributed by atoms with van der Waals surface area (Å²) in [6, 6.07) is 2.27. The first kappa shape index (κ1) is 10.6. The van der Waals surface area contributed by atoms with Gasteiger partial charge in [-0.25, -0.2) is 0 Å². The quantitative estimate of drug-likeness (QED) is 0.736. The van der Waals surface area contributed by atoms with Crippen LogP contribution in [-0.2, 0) is 6.54 Å². The second-order valence-corrected chi connectivity index (χ2v) is 4.58. The fraction of sp³-hybridized carbons (Fsp3) is 0.615. The van der Waals surface area contributed by atoms with Crippen LogP contribution in [0, 0.1) is 13.8 Å². The van der Waals surface area contributed by atoms with Crippen LogP contribution < -0.4 is 0 Å². The second-order valence-electron chi connectivity index (χ2n) is 4.58. The molecule has 0 spiro atoms. The van der Waals surface area contributed by atoms with Crippen LogP contribution >= 0.6 is 0 Å². The summed E-state index contributed by atoms with van der Waals surface area (Å²) in [5.41, 5.74) is 3.82. The molecule has 0 radical (unpaired) electrons. The van der Waals surface area contributed by atoms with Gasteiger partial charge in [0.1, 0.15) is 0 Å². The van der Waals surface area contributed by atoms with Gasteiger partial charge in [0.2, 0.25) is 0 Å². The van der Waals surface area contributed by atoms with E-state index in [2.05, 4.69) is 29.8 Å². The zero-order valence-corrected chi connectivity index (χ0v) is 9.79. The third-order valence-corrected chi connectivity index (χ3v) is 3.25. The first-order valence-electron chi connectivity index (χ1n) is 5.90. The van der Waals surface area contributed by atoms with Crippen molar-refractivity contribution in [1.82, 2.24) is 9.88 Å². The number of likely N-dealkylation sites (tertiary alicyclic amines) is 1. The summed E-state index contributed by atoms with van der Waals surface area (Å²) >= 11 is 0. The summed E-state index contributed by atoms with van der Waals surface area (Å²) in [7, 11) is 0. The van der Waals surface area contributed by atoms with Crippen molar-refractivity contribution in [2.24, 2.45) is 0 Å². The van der Waals surface area contributed by atoms with Gasteiger partial charge in [-0.3, -0.25) is 9.88 Å². The zero-order valence-electron chi connectivity index (χ0n) is 9.79. The maximum atomic E-state index is 4.42. The van der Waals surface area contributed by atoms with Crippen molar-refractivity contribution in [2.45, 2.75) is 39.7 Å². The van der Waals surface area contributed by atoms with E-state index < -0.39 is 0 Å². The smallest absolute Gasteiger partial charge is 0.0402 e. The van der Waals surface area contributed by atoms with Crippen LogP contribution in [0.1, 0.15) is 36.1 Å². The largest absolute Gasteiger partial charge is 0.299 e. The minimum absolute atomic E-state index is 1.08. The Kier molecular flexibility index (Phi) is 3.37. The number of rotatable bonds is 2. The molecule has 2 heterocycles. The van der Waals surface area contributed by atoms with Crippen molar-refractivity contribution in [3.8, 4) is 0 Å². The number of hydrogen-bond donors (Lipinski definition) is 0. The summed E-state index contributed by atoms with van der Waals surface area (Å²) in [5.74, 6) is 0. The van der Waals surface area contributed by atoms with Gasteiger partial charge in [-0.05, 0) is 50.9 Å². The molecule has 1 aliphatic heterocycles. The van der Waals surface area contributed by atoms with E-state index >= 15 is 0 Å². The van der Waals surface area contributed by atoms with Crippen LogP contribution in [0.2, 0.25) is 0 Å². The highest BCUT2D eigenvalue weighted by Crippen LogP contribution is 2.14. The molecule has 1 aromatic heterocycles. The Balaban J connectivity index is 2.00. The van der Waals surface area contributed by atoms with E-state index in [4.69, 9.17) is 0 Å². The predicted octanol–water partition coefficient (Wildman–Crippen LogP) is 2.68. The first-order valence-corrected chi connectivity index (χ1v) is 5.90. The monoisotopic (exact) mass is 204 g/mol. The molecule has 1 aromatic rings. The lowest BCUT2D eigenvalue weighted by Gasteiger charge is -2.26. The van der Waals surface area contributed by atoms with Gasteiger partial charge < -0.3 is 0 Å². The third-order valence-electron chi connectivity index (χ3n) is 3.25. The molecule has 2 heteroatoms. The molecule has 15 heavy (non-hydrogen) atoms. The zero-order chi connectivity index (χ0) is 10.7. The number of aryl methyl sites for hydroxylation is 2. The van der Waals surface area contributed by atoms with Gasteiger partial charge in [-0.15, -0.1) is 0 Å². The van der Waals surface area contributed by atoms with Gasteiger partial charge in [0.15, 0.2) is 0 Å². The molecule has 0 aromatic carbocycles. The summed E-state index contributed by atoms with van der Waals surface area (Å²) in [6.07, 6.45) is 6.15. The Labute approximate surface area is 92.3 Å². The number of piperidine rings is 1. The highest BCUT2D eigenvalue weighted by Gasteiger charge is 2.10. The van der Waals surface area contributed by atoms with Crippen LogP contribution in [-0.4, -0.2) is 23.0 Å². The van der Waals surface area contributed by atoms with Crippen LogP contribution in [0.5, 0.6) is 0 Å². The van der Waals surface area contributed by atoms with Crippen molar-refractivity contribution in [2.75, 3.05) is 13.1 Å². The van der Waals surface area contributed by atoms with Gasteiger partial charge in [-0.2, -0.15) is 0 Å². The van der Waals surface area contributed by atoms with Crippen molar-refractivity contribution in [3.05, 3.63) is 29.1 Å². The molecular formula is C13H20N2. The molecular weight excluding hydrogens is 184 g/mol. The van der Waals surface area contributed by atoms with Crippen molar-refractivity contribution in [1.29, 1.82) is 0 Å². The third kappa shape index (κ3) is 2.78. The van der Waals surface area contributed by atoms with Crippen LogP contribution in [0.25, 0.3) is 0 Å². The van der Waals surface area contributed by atoms with E-state index in [1.54, 1.807) is 0 Å². The van der Waals surface area contributed by atoms with Gasteiger partial charge in [0.05, 0.1) is 0 Å². The fourth-order valence-electron chi connectivity index (χ4n) is 2.16. The summed E-state index contributed by atoms with van der Waals surface area (Å²) in [4.78, 5) is 6.95. The summed E-state index contributed by atoms with van der Waals surface area (Å²) in [6.45, 7) is 7.80. The highest BCUT2D eigenvalue weighted by atomic mass is 15.1. The maximum Gasteiger partial charge on any atom is 0.0402 e. The highest BCUT2D eigenvalue weighted by molar-refractivity contribution is 5.22. The first-order chi connectivity index (χ1) is 7.25. The standard InChI is InChI=1S/C13H20N2/c1-11-8-13(9-14-12(11)2)10-15-6-4-3-5-7-15/h8-9H,3-7,10H2,1-2H3. The minimum Gasteiger partial charge on any atom is -0.299 e. The molecule has 1 saturated heterocycles. The molecule has 2 nitrogen and oxygen atoms in total. The van der Waals surface area contributed by atoms with E-state index in [-0.39, 0.29) is 0 Å². The average molecular weight is 204 g/mol. The Morgan fingerprint density at radius 2 is 1.93 bits per heavy atom. The van der Waals surface area contributed by atoms with Gasteiger partial charge in [0, 0.05) is 18.4 Å². The molecule has 1 aliphatic rings. The molecule has 0 N–H and O–H groups in total. The topological polar surface area (TPSA) is 16.1 Å². The Bertz CT molecular complexity index is 327. The Morgan fingerprint density at radius 3 is 2.60 bits per heavy atom. The van der Waals surface area contributed by atoms with E-state index in [1.807, 2.05) is 6.20 Å². The predicted molar refractivity (Wildman–Crippen MR) is 62.8 cm³/mol. The lowest BCUT2D eigenvalue weighted by Crippen LogP contribution is -2.29. The number of pyridine rings is 1. The molecule has 0 unspecified atom stereocenters. The van der Waals surface area contributed by atoms with E-state index in [9.17, 15) is 0 Å². The van der Waals surface area contributed by atoms with Crippen molar-refractivity contribution < 1.29 is 0 Å². The van der Waals surface area contributed by atoms with Gasteiger partial charge >= 0.3 is 0 Å². The van der Waals surface area contributed by atoms with Crippen molar-refractivity contribution >= 4 is 0 Å². The average Bonchev–Trinajstić information content (AvgIpc) is 2.25. The summed E-state index contributed by atoms with van der Waals surface area (Å²) in [5, 5.41) is 0. The molecule has 0 atom stereocenters. The molecule has 82 valence electrons.